The highest BCUT2D eigenvalue weighted by Gasteiger charge is 2.36. The minimum Gasteiger partial charge on any atom is -0.493 e. The molecule has 2 aromatic rings. The van der Waals surface area contributed by atoms with Crippen molar-refractivity contribution in [2.24, 2.45) is 0 Å². The third kappa shape index (κ3) is 4.57. The number of carbonyl (C=O) groups is 3. The molecule has 0 radical (unpaired) electrons. The van der Waals surface area contributed by atoms with Gasteiger partial charge in [-0.1, -0.05) is 36.4 Å². The van der Waals surface area contributed by atoms with E-state index in [0.29, 0.717) is 23.6 Å². The van der Waals surface area contributed by atoms with Crippen molar-refractivity contribution in [2.45, 2.75) is 6.92 Å². The Morgan fingerprint density at radius 2 is 1.81 bits per heavy atom. The summed E-state index contributed by atoms with van der Waals surface area (Å²) in [6.45, 7) is 2.03. The van der Waals surface area contributed by atoms with E-state index in [1.807, 2.05) is 25.1 Å². The highest BCUT2D eigenvalue weighted by atomic mass is 32.2. The van der Waals surface area contributed by atoms with E-state index in [1.165, 1.54) is 0 Å². The molecular formula is C20H18N2O4S. The van der Waals surface area contributed by atoms with Crippen molar-refractivity contribution in [3.05, 3.63) is 65.1 Å². The zero-order chi connectivity index (χ0) is 19.2. The molecule has 1 saturated heterocycles. The number of para-hydroxylation sites is 2. The maximum atomic E-state index is 12.6. The monoisotopic (exact) mass is 382 g/mol. The molecule has 1 aliphatic heterocycles. The molecule has 3 rings (SSSR count). The van der Waals surface area contributed by atoms with Crippen LogP contribution in [-0.4, -0.2) is 35.1 Å². The number of ether oxygens (including phenoxy) is 1. The van der Waals surface area contributed by atoms with E-state index in [4.69, 9.17) is 4.74 Å². The van der Waals surface area contributed by atoms with Crippen molar-refractivity contribution in [1.29, 1.82) is 0 Å². The predicted molar refractivity (Wildman–Crippen MR) is 105 cm³/mol. The molecule has 0 aromatic heterocycles. The number of rotatable bonds is 6. The maximum Gasteiger partial charge on any atom is 0.294 e. The minimum absolute atomic E-state index is 0.264. The lowest BCUT2D eigenvalue weighted by Gasteiger charge is -2.12. The molecule has 0 bridgehead atoms. The third-order valence-electron chi connectivity index (χ3n) is 3.74. The fourth-order valence-electron chi connectivity index (χ4n) is 2.53. The van der Waals surface area contributed by atoms with Crippen LogP contribution in [-0.2, 0) is 9.59 Å². The molecular weight excluding hydrogens is 364 g/mol. The van der Waals surface area contributed by atoms with Crippen LogP contribution in [0.1, 0.15) is 12.5 Å². The largest absolute Gasteiger partial charge is 0.493 e. The second-order valence-corrected chi connectivity index (χ2v) is 6.65. The normalized spacial score (nSPS) is 15.3. The summed E-state index contributed by atoms with van der Waals surface area (Å²) in [5.74, 6) is -0.285. The molecule has 1 fully saturated rings. The number of nitrogens with one attached hydrogen (secondary N) is 1. The first-order valence-electron chi connectivity index (χ1n) is 8.40. The lowest BCUT2D eigenvalue weighted by atomic mass is 10.2. The van der Waals surface area contributed by atoms with Crippen molar-refractivity contribution in [2.75, 3.05) is 18.5 Å². The average molecular weight is 382 g/mol. The summed E-state index contributed by atoms with van der Waals surface area (Å²) >= 11 is 0.815. The number of imide groups is 1. The number of thioether (sulfide) groups is 1. The summed E-state index contributed by atoms with van der Waals surface area (Å²) in [5.41, 5.74) is 1.31. The van der Waals surface area contributed by atoms with E-state index < -0.39 is 17.1 Å². The van der Waals surface area contributed by atoms with E-state index in [2.05, 4.69) is 5.32 Å². The molecule has 1 heterocycles. The molecule has 1 aliphatic rings. The minimum atomic E-state index is -0.487. The number of benzene rings is 2. The van der Waals surface area contributed by atoms with Gasteiger partial charge in [0, 0.05) is 11.3 Å². The molecule has 0 aliphatic carbocycles. The van der Waals surface area contributed by atoms with Gasteiger partial charge in [-0.05, 0) is 43.0 Å². The van der Waals surface area contributed by atoms with Gasteiger partial charge in [0.2, 0.25) is 5.91 Å². The smallest absolute Gasteiger partial charge is 0.294 e. The Morgan fingerprint density at radius 1 is 1.11 bits per heavy atom. The van der Waals surface area contributed by atoms with E-state index in [-0.39, 0.29) is 11.4 Å². The Kier molecular flexibility index (Phi) is 5.93. The van der Waals surface area contributed by atoms with Gasteiger partial charge in [0.15, 0.2) is 0 Å². The van der Waals surface area contributed by atoms with E-state index in [1.54, 1.807) is 42.5 Å². The van der Waals surface area contributed by atoms with Crippen LogP contribution in [0.4, 0.5) is 10.5 Å². The molecule has 0 spiro atoms. The van der Waals surface area contributed by atoms with E-state index in [0.717, 1.165) is 16.7 Å². The zero-order valence-electron chi connectivity index (χ0n) is 14.7. The van der Waals surface area contributed by atoms with Gasteiger partial charge in [0.25, 0.3) is 11.1 Å². The zero-order valence-corrected chi connectivity index (χ0v) is 15.5. The van der Waals surface area contributed by atoms with E-state index in [9.17, 15) is 14.4 Å². The summed E-state index contributed by atoms with van der Waals surface area (Å²) in [7, 11) is 0. The SMILES string of the molecule is CCOc1ccccc1/C=C1\SC(=O)N(CC(=O)Nc2ccccc2)C1=O. The van der Waals surface area contributed by atoms with Crippen molar-refractivity contribution in [1.82, 2.24) is 4.90 Å². The molecule has 3 amide bonds. The molecule has 27 heavy (non-hydrogen) atoms. The third-order valence-corrected chi connectivity index (χ3v) is 4.65. The highest BCUT2D eigenvalue weighted by Crippen LogP contribution is 2.33. The van der Waals surface area contributed by atoms with Gasteiger partial charge in [0.1, 0.15) is 12.3 Å². The van der Waals surface area contributed by atoms with Crippen LogP contribution in [0, 0.1) is 0 Å². The fraction of sp³-hybridized carbons (Fsp3) is 0.150. The second kappa shape index (κ2) is 8.55. The van der Waals surface area contributed by atoms with Crippen LogP contribution in [0.25, 0.3) is 6.08 Å². The van der Waals surface area contributed by atoms with Gasteiger partial charge < -0.3 is 10.1 Å². The van der Waals surface area contributed by atoms with Crippen LogP contribution in [0.3, 0.4) is 0 Å². The first-order chi connectivity index (χ1) is 13.1. The summed E-state index contributed by atoms with van der Waals surface area (Å²) < 4.78 is 5.54. The Hall–Kier alpha value is -3.06. The van der Waals surface area contributed by atoms with Gasteiger partial charge in [-0.2, -0.15) is 0 Å². The van der Waals surface area contributed by atoms with Crippen molar-refractivity contribution >= 4 is 40.6 Å². The molecule has 0 saturated carbocycles. The number of nitrogens with zero attached hydrogens (tertiary/aromatic N) is 1. The summed E-state index contributed by atoms with van der Waals surface area (Å²) in [6, 6.07) is 16.1. The number of amides is 3. The summed E-state index contributed by atoms with van der Waals surface area (Å²) in [5, 5.41) is 2.20. The van der Waals surface area contributed by atoms with Gasteiger partial charge in [0.05, 0.1) is 11.5 Å². The number of hydrogen-bond donors (Lipinski definition) is 1. The van der Waals surface area contributed by atoms with Gasteiger partial charge >= 0.3 is 0 Å². The van der Waals surface area contributed by atoms with Gasteiger partial charge in [-0.25, -0.2) is 0 Å². The van der Waals surface area contributed by atoms with Crippen molar-refractivity contribution in [3.8, 4) is 5.75 Å². The quantitative estimate of drug-likeness (QED) is 0.770. The molecule has 0 atom stereocenters. The molecule has 2 aromatic carbocycles. The Balaban J connectivity index is 1.72. The molecule has 6 nitrogen and oxygen atoms in total. The topological polar surface area (TPSA) is 75.7 Å². The fourth-order valence-corrected chi connectivity index (χ4v) is 3.36. The molecule has 138 valence electrons. The predicted octanol–water partition coefficient (Wildman–Crippen LogP) is 3.76. The van der Waals surface area contributed by atoms with Crippen LogP contribution in [0.15, 0.2) is 59.5 Å². The highest BCUT2D eigenvalue weighted by molar-refractivity contribution is 8.18. The standard InChI is InChI=1S/C20H18N2O4S/c1-2-26-16-11-7-6-8-14(16)12-17-19(24)22(20(25)27-17)13-18(23)21-15-9-4-3-5-10-15/h3-12H,2,13H2,1H3,(H,21,23)/b17-12-. The van der Waals surface area contributed by atoms with E-state index >= 15 is 0 Å². The second-order valence-electron chi connectivity index (χ2n) is 5.65. The first-order valence-corrected chi connectivity index (χ1v) is 9.22. The van der Waals surface area contributed by atoms with Crippen LogP contribution in [0.2, 0.25) is 0 Å². The average Bonchev–Trinajstić information content (AvgIpc) is 2.92. The van der Waals surface area contributed by atoms with Crippen molar-refractivity contribution in [3.63, 3.8) is 0 Å². The Morgan fingerprint density at radius 3 is 2.56 bits per heavy atom. The maximum absolute atomic E-state index is 12.6. The van der Waals surface area contributed by atoms with Gasteiger partial charge in [-0.3, -0.25) is 19.3 Å². The lowest BCUT2D eigenvalue weighted by molar-refractivity contribution is -0.127. The van der Waals surface area contributed by atoms with Gasteiger partial charge in [-0.15, -0.1) is 0 Å². The van der Waals surface area contributed by atoms with Crippen LogP contribution < -0.4 is 10.1 Å². The number of hydrogen-bond acceptors (Lipinski definition) is 5. The molecule has 7 heteroatoms. The summed E-state index contributed by atoms with van der Waals surface area (Å²) in [4.78, 5) is 38.1. The first kappa shape index (κ1) is 18.7. The van der Waals surface area contributed by atoms with Crippen molar-refractivity contribution < 1.29 is 19.1 Å². The molecule has 1 N–H and O–H groups in total. The Labute approximate surface area is 161 Å². The number of carbonyl (C=O) groups excluding carboxylic acids is 3. The van der Waals surface area contributed by atoms with Crippen LogP contribution in [0.5, 0.6) is 5.75 Å². The summed E-state index contributed by atoms with van der Waals surface area (Å²) in [6.07, 6.45) is 1.62. The van der Waals surface area contributed by atoms with Crippen LogP contribution >= 0.6 is 11.8 Å². The molecule has 0 unspecified atom stereocenters. The Bertz CT molecular complexity index is 896. The lowest BCUT2D eigenvalue weighted by Crippen LogP contribution is -2.36. The number of anilines is 1.